The molecule has 124 valence electrons. The highest BCUT2D eigenvalue weighted by Crippen LogP contribution is 2.41. The van der Waals surface area contributed by atoms with E-state index in [9.17, 15) is 0 Å². The first kappa shape index (κ1) is 18.8. The third-order valence-corrected chi connectivity index (χ3v) is 5.98. The van der Waals surface area contributed by atoms with Crippen molar-refractivity contribution in [1.82, 2.24) is 0 Å². The second-order valence-corrected chi connectivity index (χ2v) is 7.63. The van der Waals surface area contributed by atoms with Crippen LogP contribution in [0.25, 0.3) is 0 Å². The maximum atomic E-state index is 2.61. The SMILES string of the molecule is CC.CCCC1CCC(C[C@H]2C=C(C)C[C@@H](C)C2C)CC1. The number of allylic oxidation sites excluding steroid dienone is 2. The van der Waals surface area contributed by atoms with E-state index >= 15 is 0 Å². The molecule has 0 saturated heterocycles. The van der Waals surface area contributed by atoms with Gasteiger partial charge in [0, 0.05) is 0 Å². The Bertz CT molecular complexity index is 293. The lowest BCUT2D eigenvalue weighted by Crippen LogP contribution is -2.26. The zero-order valence-corrected chi connectivity index (χ0v) is 15.6. The average molecular weight is 293 g/mol. The van der Waals surface area contributed by atoms with Crippen LogP contribution in [0.3, 0.4) is 0 Å². The minimum Gasteiger partial charge on any atom is -0.0822 e. The molecule has 0 nitrogen and oxygen atoms in total. The van der Waals surface area contributed by atoms with Crippen LogP contribution in [0, 0.1) is 29.6 Å². The maximum absolute atomic E-state index is 2.61. The summed E-state index contributed by atoms with van der Waals surface area (Å²) >= 11 is 0. The molecule has 0 aromatic carbocycles. The predicted molar refractivity (Wildman–Crippen MR) is 96.5 cm³/mol. The standard InChI is InChI=1S/C19H34.C2H6/c1-5-6-17-7-9-18(10-8-17)13-19-12-14(2)11-15(3)16(19)4;1-2/h12,15-19H,5-11,13H2,1-4H3;1-2H3/t15-,16?,17?,18?,19-;/m1./s1. The van der Waals surface area contributed by atoms with E-state index in [0.717, 1.165) is 29.6 Å². The van der Waals surface area contributed by atoms with Crippen molar-refractivity contribution in [3.05, 3.63) is 11.6 Å². The lowest BCUT2D eigenvalue weighted by Gasteiger charge is -2.36. The Kier molecular flexibility index (Phi) is 8.67. The van der Waals surface area contributed by atoms with E-state index in [1.54, 1.807) is 5.57 Å². The molecule has 0 heterocycles. The van der Waals surface area contributed by atoms with Gasteiger partial charge in [0.25, 0.3) is 0 Å². The fraction of sp³-hybridized carbons (Fsp3) is 0.905. The van der Waals surface area contributed by atoms with E-state index in [4.69, 9.17) is 0 Å². The Morgan fingerprint density at radius 2 is 1.57 bits per heavy atom. The van der Waals surface area contributed by atoms with E-state index in [1.165, 1.54) is 51.4 Å². The molecule has 0 aromatic heterocycles. The number of hydrogen-bond acceptors (Lipinski definition) is 0. The Labute approximate surface area is 134 Å². The van der Waals surface area contributed by atoms with Crippen LogP contribution >= 0.6 is 0 Å². The highest BCUT2D eigenvalue weighted by molar-refractivity contribution is 5.08. The summed E-state index contributed by atoms with van der Waals surface area (Å²) in [5.74, 6) is 4.75. The lowest BCUT2D eigenvalue weighted by atomic mass is 9.69. The van der Waals surface area contributed by atoms with Crippen LogP contribution < -0.4 is 0 Å². The van der Waals surface area contributed by atoms with Gasteiger partial charge in [-0.15, -0.1) is 0 Å². The molecule has 21 heavy (non-hydrogen) atoms. The van der Waals surface area contributed by atoms with E-state index in [1.807, 2.05) is 13.8 Å². The van der Waals surface area contributed by atoms with Crippen LogP contribution in [0.15, 0.2) is 11.6 Å². The zero-order chi connectivity index (χ0) is 15.8. The van der Waals surface area contributed by atoms with E-state index in [-0.39, 0.29) is 0 Å². The fourth-order valence-electron chi connectivity index (χ4n) is 4.53. The summed E-state index contributed by atoms with van der Waals surface area (Å²) < 4.78 is 0. The molecule has 1 fully saturated rings. The minimum absolute atomic E-state index is 0.872. The van der Waals surface area contributed by atoms with Crippen LogP contribution in [-0.4, -0.2) is 0 Å². The first-order valence-corrected chi connectivity index (χ1v) is 9.77. The second kappa shape index (κ2) is 9.70. The Balaban J connectivity index is 0.00000106. The van der Waals surface area contributed by atoms with Gasteiger partial charge in [0.05, 0.1) is 0 Å². The quantitative estimate of drug-likeness (QED) is 0.479. The van der Waals surface area contributed by atoms with Crippen molar-refractivity contribution in [2.24, 2.45) is 29.6 Å². The van der Waals surface area contributed by atoms with Crippen LogP contribution in [0.4, 0.5) is 0 Å². The third kappa shape index (κ3) is 5.80. The molecule has 1 saturated carbocycles. The van der Waals surface area contributed by atoms with Gasteiger partial charge >= 0.3 is 0 Å². The van der Waals surface area contributed by atoms with Gasteiger partial charge in [0.1, 0.15) is 0 Å². The van der Waals surface area contributed by atoms with Gasteiger partial charge in [0.2, 0.25) is 0 Å². The van der Waals surface area contributed by atoms with E-state index < -0.39 is 0 Å². The summed E-state index contributed by atoms with van der Waals surface area (Å²) in [6.07, 6.45) is 14.3. The Morgan fingerprint density at radius 3 is 2.14 bits per heavy atom. The first-order chi connectivity index (χ1) is 10.1. The molecule has 2 rings (SSSR count). The zero-order valence-electron chi connectivity index (χ0n) is 15.6. The van der Waals surface area contributed by atoms with Crippen molar-refractivity contribution in [1.29, 1.82) is 0 Å². The second-order valence-electron chi connectivity index (χ2n) is 7.63. The van der Waals surface area contributed by atoms with Crippen molar-refractivity contribution >= 4 is 0 Å². The first-order valence-electron chi connectivity index (χ1n) is 9.77. The Hall–Kier alpha value is -0.260. The smallest absolute Gasteiger partial charge is 0.0200 e. The molecular weight excluding hydrogens is 252 g/mol. The highest BCUT2D eigenvalue weighted by Gasteiger charge is 2.29. The van der Waals surface area contributed by atoms with E-state index in [2.05, 4.69) is 33.8 Å². The molecular formula is C21H40. The minimum atomic E-state index is 0.872. The predicted octanol–water partition coefficient (Wildman–Crippen LogP) is 7.25. The molecule has 0 radical (unpaired) electrons. The fourth-order valence-corrected chi connectivity index (χ4v) is 4.53. The van der Waals surface area contributed by atoms with E-state index in [0.29, 0.717) is 0 Å². The molecule has 0 N–H and O–H groups in total. The van der Waals surface area contributed by atoms with Gasteiger partial charge < -0.3 is 0 Å². The molecule has 0 aliphatic heterocycles. The molecule has 1 unspecified atom stereocenters. The Morgan fingerprint density at radius 1 is 1.00 bits per heavy atom. The summed E-state index contributed by atoms with van der Waals surface area (Å²) in [4.78, 5) is 0. The number of rotatable bonds is 4. The van der Waals surface area contributed by atoms with Gasteiger partial charge in [-0.05, 0) is 49.4 Å². The number of hydrogen-bond donors (Lipinski definition) is 0. The van der Waals surface area contributed by atoms with Gasteiger partial charge in [0.15, 0.2) is 0 Å². The summed E-state index contributed by atoms with van der Waals surface area (Å²) in [6, 6.07) is 0. The molecule has 0 spiro atoms. The molecule has 2 aliphatic carbocycles. The molecule has 0 heteroatoms. The lowest BCUT2D eigenvalue weighted by molar-refractivity contribution is 0.192. The molecule has 2 aliphatic rings. The van der Waals surface area contributed by atoms with Crippen molar-refractivity contribution in [2.75, 3.05) is 0 Å². The summed E-state index contributed by atoms with van der Waals surface area (Å²) in [6.45, 7) is 13.6. The van der Waals surface area contributed by atoms with Crippen molar-refractivity contribution in [3.8, 4) is 0 Å². The van der Waals surface area contributed by atoms with Gasteiger partial charge in [-0.1, -0.05) is 84.8 Å². The van der Waals surface area contributed by atoms with Gasteiger partial charge in [-0.25, -0.2) is 0 Å². The normalized spacial score (nSPS) is 36.5. The maximum Gasteiger partial charge on any atom is -0.0200 e. The van der Waals surface area contributed by atoms with Crippen LogP contribution in [0.1, 0.15) is 92.9 Å². The average Bonchev–Trinajstić information content (AvgIpc) is 2.48. The van der Waals surface area contributed by atoms with Crippen molar-refractivity contribution in [3.63, 3.8) is 0 Å². The third-order valence-electron chi connectivity index (χ3n) is 5.98. The van der Waals surface area contributed by atoms with Crippen LogP contribution in [0.5, 0.6) is 0 Å². The van der Waals surface area contributed by atoms with Crippen LogP contribution in [-0.2, 0) is 0 Å². The molecule has 0 aromatic rings. The highest BCUT2D eigenvalue weighted by atomic mass is 14.3. The summed E-state index contributed by atoms with van der Waals surface area (Å²) in [7, 11) is 0. The van der Waals surface area contributed by atoms with Crippen molar-refractivity contribution in [2.45, 2.75) is 92.9 Å². The summed E-state index contributed by atoms with van der Waals surface area (Å²) in [5.41, 5.74) is 1.65. The largest absolute Gasteiger partial charge is 0.0822 e. The topological polar surface area (TPSA) is 0 Å². The van der Waals surface area contributed by atoms with Gasteiger partial charge in [-0.2, -0.15) is 0 Å². The molecule has 0 bridgehead atoms. The summed E-state index contributed by atoms with van der Waals surface area (Å²) in [5, 5.41) is 0. The monoisotopic (exact) mass is 292 g/mol. The molecule has 0 amide bonds. The molecule has 3 atom stereocenters. The van der Waals surface area contributed by atoms with Crippen LogP contribution in [0.2, 0.25) is 0 Å². The van der Waals surface area contributed by atoms with Crippen molar-refractivity contribution < 1.29 is 0 Å². The van der Waals surface area contributed by atoms with Gasteiger partial charge in [-0.3, -0.25) is 0 Å².